The number of carbonyl (C=O) groups is 2. The molecule has 1 aliphatic heterocycles. The van der Waals surface area contributed by atoms with Crippen molar-refractivity contribution >= 4 is 17.5 Å². The highest BCUT2D eigenvalue weighted by Gasteiger charge is 2.26. The van der Waals surface area contributed by atoms with E-state index in [-0.39, 0.29) is 22.8 Å². The number of β-lactam (4-membered cyclic amide) rings is 1. The van der Waals surface area contributed by atoms with Crippen LogP contribution in [0.25, 0.3) is 16.9 Å². The fourth-order valence-corrected chi connectivity index (χ4v) is 3.48. The molecular weight excluding hydrogens is 370 g/mol. The minimum atomic E-state index is -0.697. The summed E-state index contributed by atoms with van der Waals surface area (Å²) in [5, 5.41) is 0. The van der Waals surface area contributed by atoms with Gasteiger partial charge in [0, 0.05) is 30.4 Å². The summed E-state index contributed by atoms with van der Waals surface area (Å²) in [5.74, 6) is -0.502. The maximum absolute atomic E-state index is 13.0. The Hall–Kier alpha value is -3.87. The van der Waals surface area contributed by atoms with Gasteiger partial charge in [-0.3, -0.25) is 19.0 Å². The van der Waals surface area contributed by atoms with E-state index in [0.717, 1.165) is 5.69 Å². The number of nitrogens with two attached hydrogens (primary N) is 1. The average Bonchev–Trinajstić information content (AvgIpc) is 2.73. The van der Waals surface area contributed by atoms with Crippen LogP contribution < -0.4 is 20.9 Å². The van der Waals surface area contributed by atoms with Crippen LogP contribution in [0.15, 0.2) is 65.5 Å². The van der Waals surface area contributed by atoms with Crippen molar-refractivity contribution in [3.8, 4) is 22.7 Å². The summed E-state index contributed by atoms with van der Waals surface area (Å²) in [6, 6.07) is 17.4. The van der Waals surface area contributed by atoms with Crippen LogP contribution in [0, 0.1) is 0 Å². The standard InChI is InChI=1S/C22H19N3O4/c1-29-17-13-19(27)25(16-9-7-15(8-10-16)24-12-11-18(24)26)21(20(17)22(23)28)14-5-3-2-4-6-14/h2-10,13H,11-12H2,1H3,(H2,23,28). The van der Waals surface area contributed by atoms with Crippen LogP contribution in [0.4, 0.5) is 5.69 Å². The molecule has 0 aliphatic carbocycles. The smallest absolute Gasteiger partial charge is 0.259 e. The Morgan fingerprint density at radius 1 is 1.00 bits per heavy atom. The molecule has 2 heterocycles. The summed E-state index contributed by atoms with van der Waals surface area (Å²) in [6.45, 7) is 0.682. The summed E-state index contributed by atoms with van der Waals surface area (Å²) in [4.78, 5) is 38.6. The molecule has 2 N–H and O–H groups in total. The van der Waals surface area contributed by atoms with Gasteiger partial charge in [-0.2, -0.15) is 0 Å². The number of anilines is 1. The number of rotatable bonds is 5. The average molecular weight is 389 g/mol. The predicted octanol–water partition coefficient (Wildman–Crippen LogP) is 2.35. The predicted molar refractivity (Wildman–Crippen MR) is 110 cm³/mol. The molecular formula is C22H19N3O4. The molecule has 0 spiro atoms. The lowest BCUT2D eigenvalue weighted by molar-refractivity contribution is -0.122. The van der Waals surface area contributed by atoms with Crippen molar-refractivity contribution in [3.05, 3.63) is 76.6 Å². The molecule has 1 fully saturated rings. The van der Waals surface area contributed by atoms with Gasteiger partial charge in [0.15, 0.2) is 0 Å². The van der Waals surface area contributed by atoms with Gasteiger partial charge in [0.1, 0.15) is 11.3 Å². The summed E-state index contributed by atoms with van der Waals surface area (Å²) >= 11 is 0. The van der Waals surface area contributed by atoms with Crippen molar-refractivity contribution < 1.29 is 14.3 Å². The lowest BCUT2D eigenvalue weighted by Gasteiger charge is -2.30. The Labute approximate surface area is 166 Å². The molecule has 0 unspecified atom stereocenters. The van der Waals surface area contributed by atoms with E-state index in [1.54, 1.807) is 41.3 Å². The summed E-state index contributed by atoms with van der Waals surface area (Å²) < 4.78 is 6.70. The minimum absolute atomic E-state index is 0.0698. The number of methoxy groups -OCH3 is 1. The molecule has 7 nitrogen and oxygen atoms in total. The first-order valence-electron chi connectivity index (χ1n) is 9.11. The molecule has 1 saturated heterocycles. The van der Waals surface area contributed by atoms with Gasteiger partial charge in [0.25, 0.3) is 11.5 Å². The van der Waals surface area contributed by atoms with E-state index in [4.69, 9.17) is 10.5 Å². The monoisotopic (exact) mass is 389 g/mol. The van der Waals surface area contributed by atoms with E-state index in [1.165, 1.54) is 17.7 Å². The number of ether oxygens (including phenoxy) is 1. The fourth-order valence-electron chi connectivity index (χ4n) is 3.48. The zero-order chi connectivity index (χ0) is 20.5. The largest absolute Gasteiger partial charge is 0.496 e. The van der Waals surface area contributed by atoms with Crippen LogP contribution in [0.3, 0.4) is 0 Å². The van der Waals surface area contributed by atoms with Crippen molar-refractivity contribution in [2.75, 3.05) is 18.6 Å². The van der Waals surface area contributed by atoms with Crippen LogP contribution in [0.5, 0.6) is 5.75 Å². The normalized spacial score (nSPS) is 13.1. The molecule has 3 aromatic rings. The Kier molecular flexibility index (Phi) is 4.64. The number of primary amides is 1. The van der Waals surface area contributed by atoms with Gasteiger partial charge in [-0.1, -0.05) is 30.3 Å². The van der Waals surface area contributed by atoms with Crippen LogP contribution in [0.1, 0.15) is 16.8 Å². The third kappa shape index (κ3) is 3.16. The van der Waals surface area contributed by atoms with Gasteiger partial charge >= 0.3 is 0 Å². The summed E-state index contributed by atoms with van der Waals surface area (Å²) in [7, 11) is 1.39. The zero-order valence-electron chi connectivity index (χ0n) is 15.8. The van der Waals surface area contributed by atoms with Crippen molar-refractivity contribution in [1.82, 2.24) is 4.57 Å². The lowest BCUT2D eigenvalue weighted by Crippen LogP contribution is -2.43. The number of hydrogen-bond donors (Lipinski definition) is 1. The number of pyridine rings is 1. The third-order valence-corrected chi connectivity index (χ3v) is 4.97. The number of nitrogens with zero attached hydrogens (tertiary/aromatic N) is 2. The first kappa shape index (κ1) is 18.5. The maximum Gasteiger partial charge on any atom is 0.259 e. The Morgan fingerprint density at radius 2 is 1.66 bits per heavy atom. The van der Waals surface area contributed by atoms with Gasteiger partial charge in [-0.05, 0) is 29.8 Å². The Morgan fingerprint density at radius 3 is 2.17 bits per heavy atom. The minimum Gasteiger partial charge on any atom is -0.496 e. The number of carbonyl (C=O) groups excluding carboxylic acids is 2. The molecule has 7 heteroatoms. The molecule has 146 valence electrons. The second-order valence-corrected chi connectivity index (χ2v) is 6.65. The lowest BCUT2D eigenvalue weighted by atomic mass is 10.0. The SMILES string of the molecule is COc1cc(=O)n(-c2ccc(N3CCC3=O)cc2)c(-c2ccccc2)c1C(N)=O. The summed E-state index contributed by atoms with van der Waals surface area (Å²) in [6.07, 6.45) is 0.541. The molecule has 0 atom stereocenters. The first-order valence-corrected chi connectivity index (χ1v) is 9.11. The van der Waals surface area contributed by atoms with E-state index in [2.05, 4.69) is 0 Å². The molecule has 4 rings (SSSR count). The van der Waals surface area contributed by atoms with Crippen molar-refractivity contribution in [1.29, 1.82) is 0 Å². The fraction of sp³-hybridized carbons (Fsp3) is 0.136. The highest BCUT2D eigenvalue weighted by Crippen LogP contribution is 2.31. The molecule has 29 heavy (non-hydrogen) atoms. The van der Waals surface area contributed by atoms with Crippen LogP contribution >= 0.6 is 0 Å². The van der Waals surface area contributed by atoms with E-state index in [9.17, 15) is 14.4 Å². The first-order chi connectivity index (χ1) is 14.0. The molecule has 1 aromatic heterocycles. The highest BCUT2D eigenvalue weighted by molar-refractivity contribution is 6.02. The maximum atomic E-state index is 13.0. The van der Waals surface area contributed by atoms with Gasteiger partial charge in [-0.15, -0.1) is 0 Å². The van der Waals surface area contributed by atoms with Crippen LogP contribution in [-0.2, 0) is 4.79 Å². The van der Waals surface area contributed by atoms with E-state index >= 15 is 0 Å². The van der Waals surface area contributed by atoms with Crippen LogP contribution in [0.2, 0.25) is 0 Å². The molecule has 2 amide bonds. The van der Waals surface area contributed by atoms with Crippen molar-refractivity contribution in [2.24, 2.45) is 5.73 Å². The Bertz CT molecular complexity index is 1150. The highest BCUT2D eigenvalue weighted by atomic mass is 16.5. The number of benzene rings is 2. The molecule has 0 saturated carbocycles. The Balaban J connectivity index is 1.95. The molecule has 0 radical (unpaired) electrons. The number of amides is 2. The molecule has 1 aliphatic rings. The quantitative estimate of drug-likeness (QED) is 0.678. The summed E-state index contributed by atoms with van der Waals surface area (Å²) in [5.41, 5.74) is 7.74. The van der Waals surface area contributed by atoms with Gasteiger partial charge in [0.2, 0.25) is 5.91 Å². The number of aromatic nitrogens is 1. The van der Waals surface area contributed by atoms with E-state index < -0.39 is 5.91 Å². The van der Waals surface area contributed by atoms with Gasteiger partial charge in [0.05, 0.1) is 12.8 Å². The topological polar surface area (TPSA) is 94.6 Å². The third-order valence-electron chi connectivity index (χ3n) is 4.97. The number of hydrogen-bond acceptors (Lipinski definition) is 4. The van der Waals surface area contributed by atoms with Crippen LogP contribution in [-0.4, -0.2) is 30.0 Å². The van der Waals surface area contributed by atoms with Gasteiger partial charge in [-0.25, -0.2) is 0 Å². The van der Waals surface area contributed by atoms with Gasteiger partial charge < -0.3 is 15.4 Å². The second-order valence-electron chi connectivity index (χ2n) is 6.65. The van der Waals surface area contributed by atoms with Crippen molar-refractivity contribution in [3.63, 3.8) is 0 Å². The second kappa shape index (κ2) is 7.27. The molecule has 2 aromatic carbocycles. The van der Waals surface area contributed by atoms with E-state index in [0.29, 0.717) is 29.9 Å². The van der Waals surface area contributed by atoms with E-state index in [1.807, 2.05) is 18.2 Å². The zero-order valence-corrected chi connectivity index (χ0v) is 15.8. The van der Waals surface area contributed by atoms with Crippen molar-refractivity contribution in [2.45, 2.75) is 6.42 Å². The molecule has 0 bridgehead atoms.